The van der Waals surface area contributed by atoms with E-state index in [0.29, 0.717) is 22.2 Å². The molecular formula is C19H16N2O4. The Morgan fingerprint density at radius 2 is 1.88 bits per heavy atom. The number of ether oxygens (including phenoxy) is 1. The van der Waals surface area contributed by atoms with Gasteiger partial charge in [-0.3, -0.25) is 9.59 Å². The number of pyridine rings is 1. The molecule has 0 saturated carbocycles. The van der Waals surface area contributed by atoms with Crippen molar-refractivity contribution in [2.24, 2.45) is 0 Å². The maximum atomic E-state index is 12.4. The van der Waals surface area contributed by atoms with Gasteiger partial charge in [0.15, 0.2) is 0 Å². The molecule has 1 heterocycles. The second kappa shape index (κ2) is 7.00. The number of benzene rings is 2. The van der Waals surface area contributed by atoms with Crippen molar-refractivity contribution < 1.29 is 14.3 Å². The van der Waals surface area contributed by atoms with Crippen LogP contribution in [0.15, 0.2) is 59.5 Å². The Labute approximate surface area is 143 Å². The van der Waals surface area contributed by atoms with Crippen LogP contribution in [0.3, 0.4) is 0 Å². The third-order valence-corrected chi connectivity index (χ3v) is 3.67. The summed E-state index contributed by atoms with van der Waals surface area (Å²) < 4.78 is 4.86. The summed E-state index contributed by atoms with van der Waals surface area (Å²) in [6, 6.07) is 13.7. The molecule has 0 unspecified atom stereocenters. The van der Waals surface area contributed by atoms with Gasteiger partial charge in [0.05, 0.1) is 12.1 Å². The highest BCUT2D eigenvalue weighted by atomic mass is 16.5. The summed E-state index contributed by atoms with van der Waals surface area (Å²) in [5, 5.41) is 3.10. The maximum absolute atomic E-state index is 12.4. The highest BCUT2D eigenvalue weighted by Gasteiger charge is 2.15. The van der Waals surface area contributed by atoms with Crippen LogP contribution in [0.1, 0.15) is 27.6 Å². The first-order chi connectivity index (χ1) is 12.1. The van der Waals surface area contributed by atoms with Crippen LogP contribution < -0.4 is 10.7 Å². The van der Waals surface area contributed by atoms with Crippen LogP contribution in [-0.2, 0) is 4.74 Å². The fourth-order valence-electron chi connectivity index (χ4n) is 2.45. The number of para-hydroxylation sites is 1. The van der Waals surface area contributed by atoms with Crippen molar-refractivity contribution in [3.8, 4) is 0 Å². The first kappa shape index (κ1) is 16.4. The Kier molecular flexibility index (Phi) is 4.61. The predicted molar refractivity (Wildman–Crippen MR) is 94.9 cm³/mol. The number of anilines is 1. The number of hydrogen-bond acceptors (Lipinski definition) is 4. The van der Waals surface area contributed by atoms with Gasteiger partial charge in [-0.15, -0.1) is 0 Å². The van der Waals surface area contributed by atoms with Gasteiger partial charge in [0, 0.05) is 22.8 Å². The minimum absolute atomic E-state index is 0.0594. The van der Waals surface area contributed by atoms with Gasteiger partial charge in [-0.25, -0.2) is 4.79 Å². The molecule has 2 aromatic carbocycles. The summed E-state index contributed by atoms with van der Waals surface area (Å²) in [6.45, 7) is 1.86. The third kappa shape index (κ3) is 3.42. The molecule has 0 fully saturated rings. The minimum atomic E-state index is -0.670. The van der Waals surface area contributed by atoms with Crippen molar-refractivity contribution in [2.75, 3.05) is 11.9 Å². The lowest BCUT2D eigenvalue weighted by molar-refractivity contribution is 0.0524. The molecule has 25 heavy (non-hydrogen) atoms. The van der Waals surface area contributed by atoms with Gasteiger partial charge in [-0.2, -0.15) is 0 Å². The number of esters is 1. The van der Waals surface area contributed by atoms with Crippen LogP contribution in [0.4, 0.5) is 5.69 Å². The fraction of sp³-hybridized carbons (Fsp3) is 0.105. The van der Waals surface area contributed by atoms with Crippen LogP contribution in [-0.4, -0.2) is 23.5 Å². The standard InChI is InChI=1S/C19H16N2O4/c1-2-25-19(24)15-11-20-16-10-12(8-9-14(16)17(15)22)18(23)21-13-6-4-3-5-7-13/h3-11H,2H2,1H3,(H,20,22)(H,21,23). The van der Waals surface area contributed by atoms with E-state index in [0.717, 1.165) is 0 Å². The van der Waals surface area contributed by atoms with Crippen molar-refractivity contribution in [2.45, 2.75) is 6.92 Å². The molecule has 0 bridgehead atoms. The van der Waals surface area contributed by atoms with E-state index < -0.39 is 11.4 Å². The Morgan fingerprint density at radius 3 is 2.60 bits per heavy atom. The minimum Gasteiger partial charge on any atom is -0.462 e. The zero-order valence-corrected chi connectivity index (χ0v) is 13.5. The number of carbonyl (C=O) groups excluding carboxylic acids is 2. The van der Waals surface area contributed by atoms with Crippen molar-refractivity contribution in [3.63, 3.8) is 0 Å². The second-order valence-electron chi connectivity index (χ2n) is 5.33. The average Bonchev–Trinajstić information content (AvgIpc) is 2.62. The van der Waals surface area contributed by atoms with Crippen LogP contribution in [0.25, 0.3) is 10.9 Å². The number of aromatic amines is 1. The largest absolute Gasteiger partial charge is 0.462 e. The van der Waals surface area contributed by atoms with Crippen molar-refractivity contribution in [1.29, 1.82) is 0 Å². The molecule has 1 aromatic heterocycles. The van der Waals surface area contributed by atoms with Crippen molar-refractivity contribution >= 4 is 28.5 Å². The lowest BCUT2D eigenvalue weighted by atomic mass is 10.1. The summed E-state index contributed by atoms with van der Waals surface area (Å²) in [6.07, 6.45) is 1.31. The molecule has 0 saturated heterocycles. The van der Waals surface area contributed by atoms with Gasteiger partial charge < -0.3 is 15.0 Å². The molecule has 0 aliphatic heterocycles. The molecule has 0 spiro atoms. The maximum Gasteiger partial charge on any atom is 0.343 e. The molecule has 3 rings (SSSR count). The highest BCUT2D eigenvalue weighted by molar-refractivity contribution is 6.06. The lowest BCUT2D eigenvalue weighted by Gasteiger charge is -2.07. The van der Waals surface area contributed by atoms with E-state index in [9.17, 15) is 14.4 Å². The molecule has 126 valence electrons. The van der Waals surface area contributed by atoms with Gasteiger partial charge in [0.1, 0.15) is 5.56 Å². The number of fused-ring (bicyclic) bond motifs is 1. The predicted octanol–water partition coefficient (Wildman–Crippen LogP) is 2.96. The van der Waals surface area contributed by atoms with E-state index in [1.165, 1.54) is 12.3 Å². The number of amides is 1. The second-order valence-corrected chi connectivity index (χ2v) is 5.33. The zero-order chi connectivity index (χ0) is 17.8. The molecule has 6 heteroatoms. The molecule has 0 atom stereocenters. The molecule has 1 amide bonds. The molecule has 0 aliphatic rings. The van der Waals surface area contributed by atoms with Gasteiger partial charge in [-0.05, 0) is 37.3 Å². The number of aromatic nitrogens is 1. The summed E-state index contributed by atoms with van der Waals surface area (Å²) >= 11 is 0. The molecule has 0 radical (unpaired) electrons. The van der Waals surface area contributed by atoms with E-state index in [1.54, 1.807) is 31.2 Å². The average molecular weight is 336 g/mol. The van der Waals surface area contributed by atoms with Crippen LogP contribution in [0.5, 0.6) is 0 Å². The molecular weight excluding hydrogens is 320 g/mol. The van der Waals surface area contributed by atoms with E-state index in [1.807, 2.05) is 18.2 Å². The summed E-state index contributed by atoms with van der Waals surface area (Å²) in [4.78, 5) is 39.4. The summed E-state index contributed by atoms with van der Waals surface area (Å²) in [5.41, 5.74) is 1.06. The van der Waals surface area contributed by atoms with Crippen molar-refractivity contribution in [1.82, 2.24) is 4.98 Å². The van der Waals surface area contributed by atoms with Crippen LogP contribution in [0, 0.1) is 0 Å². The van der Waals surface area contributed by atoms with Gasteiger partial charge >= 0.3 is 5.97 Å². The Morgan fingerprint density at radius 1 is 1.12 bits per heavy atom. The quantitative estimate of drug-likeness (QED) is 0.717. The first-order valence-electron chi connectivity index (χ1n) is 7.79. The Bertz CT molecular complexity index is 993. The monoisotopic (exact) mass is 336 g/mol. The van der Waals surface area contributed by atoms with Gasteiger partial charge in [-0.1, -0.05) is 18.2 Å². The van der Waals surface area contributed by atoms with E-state index >= 15 is 0 Å². The van der Waals surface area contributed by atoms with Gasteiger partial charge in [0.25, 0.3) is 5.91 Å². The van der Waals surface area contributed by atoms with E-state index in [4.69, 9.17) is 4.74 Å². The van der Waals surface area contributed by atoms with Crippen LogP contribution in [0.2, 0.25) is 0 Å². The Hall–Kier alpha value is -3.41. The van der Waals surface area contributed by atoms with E-state index in [-0.39, 0.29) is 18.1 Å². The first-order valence-corrected chi connectivity index (χ1v) is 7.79. The van der Waals surface area contributed by atoms with Crippen molar-refractivity contribution in [3.05, 3.63) is 76.1 Å². The van der Waals surface area contributed by atoms with E-state index in [2.05, 4.69) is 10.3 Å². The van der Waals surface area contributed by atoms with Crippen LogP contribution >= 0.6 is 0 Å². The normalized spacial score (nSPS) is 10.4. The summed E-state index contributed by atoms with van der Waals surface area (Å²) in [7, 11) is 0. The number of H-pyrrole nitrogens is 1. The number of carbonyl (C=O) groups is 2. The number of rotatable bonds is 4. The zero-order valence-electron chi connectivity index (χ0n) is 13.5. The number of hydrogen-bond donors (Lipinski definition) is 2. The van der Waals surface area contributed by atoms with Gasteiger partial charge in [0.2, 0.25) is 5.43 Å². The smallest absolute Gasteiger partial charge is 0.343 e. The Balaban J connectivity index is 1.93. The highest BCUT2D eigenvalue weighted by Crippen LogP contribution is 2.14. The third-order valence-electron chi connectivity index (χ3n) is 3.67. The fourth-order valence-corrected chi connectivity index (χ4v) is 2.45. The number of nitrogens with one attached hydrogen (secondary N) is 2. The SMILES string of the molecule is CCOC(=O)c1c[nH]c2cc(C(=O)Nc3ccccc3)ccc2c1=O. The molecule has 6 nitrogen and oxygen atoms in total. The molecule has 3 aromatic rings. The topological polar surface area (TPSA) is 88.3 Å². The molecule has 0 aliphatic carbocycles. The molecule has 2 N–H and O–H groups in total. The lowest BCUT2D eigenvalue weighted by Crippen LogP contribution is -2.18. The summed E-state index contributed by atoms with van der Waals surface area (Å²) in [5.74, 6) is -0.958.